The van der Waals surface area contributed by atoms with Crippen LogP contribution in [0.15, 0.2) is 54.6 Å². The van der Waals surface area contributed by atoms with Crippen molar-refractivity contribution >= 4 is 31.9 Å². The molecule has 0 aliphatic carbocycles. The van der Waals surface area contributed by atoms with E-state index in [0.717, 1.165) is 18.6 Å². The van der Waals surface area contributed by atoms with Crippen molar-refractivity contribution in [3.8, 4) is 0 Å². The normalized spacial score (nSPS) is 18.0. The van der Waals surface area contributed by atoms with E-state index in [2.05, 4.69) is 85.0 Å². The topological polar surface area (TPSA) is 9.23 Å². The van der Waals surface area contributed by atoms with Crippen LogP contribution in [0.4, 0.5) is 0 Å². The molecule has 0 N–H and O–H groups in total. The fourth-order valence-electron chi connectivity index (χ4n) is 3.04. The van der Waals surface area contributed by atoms with E-state index in [1.54, 1.807) is 0 Å². The van der Waals surface area contributed by atoms with Gasteiger partial charge in [-0.15, -0.1) is 0 Å². The van der Waals surface area contributed by atoms with Gasteiger partial charge in [-0.3, -0.25) is 0 Å². The summed E-state index contributed by atoms with van der Waals surface area (Å²) in [6, 6.07) is 19.1. The molecule has 1 nitrogen and oxygen atoms in total. The highest BCUT2D eigenvalue weighted by Crippen LogP contribution is 2.50. The van der Waals surface area contributed by atoms with Gasteiger partial charge in [-0.05, 0) is 41.0 Å². The Labute approximate surface area is 140 Å². The number of halogens is 1. The lowest BCUT2D eigenvalue weighted by atomic mass is 9.87. The minimum Gasteiger partial charge on any atom is -0.481 e. The summed E-state index contributed by atoms with van der Waals surface area (Å²) >= 11 is 2.41. The number of hydrogen-bond donors (Lipinski definition) is 0. The SMILES string of the molecule is CCC1(CC)O/C(=C(\I)c2ccccc2)c2ccccc21. The number of fused-ring (bicyclic) bond motifs is 1. The molecule has 0 saturated heterocycles. The summed E-state index contributed by atoms with van der Waals surface area (Å²) in [7, 11) is 0. The quantitative estimate of drug-likeness (QED) is 0.585. The van der Waals surface area contributed by atoms with Gasteiger partial charge in [-0.1, -0.05) is 68.4 Å². The number of rotatable bonds is 3. The predicted octanol–water partition coefficient (Wildman–Crippen LogP) is 5.99. The van der Waals surface area contributed by atoms with Crippen LogP contribution in [0.25, 0.3) is 9.34 Å². The van der Waals surface area contributed by atoms with Gasteiger partial charge in [0.1, 0.15) is 11.4 Å². The Balaban J connectivity index is 2.19. The zero-order valence-electron chi connectivity index (χ0n) is 12.4. The van der Waals surface area contributed by atoms with Crippen LogP contribution < -0.4 is 0 Å². The van der Waals surface area contributed by atoms with Gasteiger partial charge in [-0.25, -0.2) is 0 Å². The molecule has 0 radical (unpaired) electrons. The van der Waals surface area contributed by atoms with Crippen LogP contribution in [0.2, 0.25) is 0 Å². The Bertz CT molecular complexity index is 669. The molecular formula is C19H19IO. The zero-order valence-corrected chi connectivity index (χ0v) is 14.6. The molecule has 1 aliphatic heterocycles. The molecule has 2 aromatic carbocycles. The summed E-state index contributed by atoms with van der Waals surface area (Å²) in [5, 5.41) is 0. The Morgan fingerprint density at radius 1 is 0.952 bits per heavy atom. The molecule has 0 fully saturated rings. The van der Waals surface area contributed by atoms with Crippen LogP contribution in [-0.2, 0) is 10.3 Å². The van der Waals surface area contributed by atoms with E-state index in [1.807, 2.05) is 6.07 Å². The third-order valence-electron chi connectivity index (χ3n) is 4.33. The van der Waals surface area contributed by atoms with E-state index in [1.165, 1.54) is 20.3 Å². The van der Waals surface area contributed by atoms with Crippen LogP contribution in [-0.4, -0.2) is 0 Å². The summed E-state index contributed by atoms with van der Waals surface area (Å²) in [5.41, 5.74) is 3.62. The molecule has 1 heterocycles. The summed E-state index contributed by atoms with van der Waals surface area (Å²) in [4.78, 5) is 0. The lowest BCUT2D eigenvalue weighted by Crippen LogP contribution is -2.22. The standard InChI is InChI=1S/C19H19IO/c1-3-19(4-2)16-13-9-8-12-15(16)18(21-19)17(20)14-10-6-5-7-11-14/h5-13H,3-4H2,1-2H3/b18-17-. The van der Waals surface area contributed by atoms with Crippen LogP contribution in [0.3, 0.4) is 0 Å². The Morgan fingerprint density at radius 3 is 2.24 bits per heavy atom. The molecule has 0 aromatic heterocycles. The first-order valence-electron chi connectivity index (χ1n) is 7.46. The van der Waals surface area contributed by atoms with Crippen molar-refractivity contribution in [3.05, 3.63) is 71.3 Å². The highest BCUT2D eigenvalue weighted by molar-refractivity contribution is 14.1. The molecule has 1 aliphatic rings. The molecule has 108 valence electrons. The van der Waals surface area contributed by atoms with Gasteiger partial charge in [0.15, 0.2) is 0 Å². The molecule has 0 unspecified atom stereocenters. The maximum Gasteiger partial charge on any atom is 0.142 e. The number of ether oxygens (including phenoxy) is 1. The summed E-state index contributed by atoms with van der Waals surface area (Å²) in [6.45, 7) is 4.41. The second-order valence-electron chi connectivity index (χ2n) is 5.36. The van der Waals surface area contributed by atoms with E-state index in [4.69, 9.17) is 4.74 Å². The smallest absolute Gasteiger partial charge is 0.142 e. The van der Waals surface area contributed by atoms with Crippen LogP contribution in [0.5, 0.6) is 0 Å². The first-order chi connectivity index (χ1) is 10.2. The molecule has 2 aromatic rings. The van der Waals surface area contributed by atoms with Gasteiger partial charge in [-0.2, -0.15) is 0 Å². The summed E-state index contributed by atoms with van der Waals surface area (Å²) in [6.07, 6.45) is 1.98. The van der Waals surface area contributed by atoms with Crippen molar-refractivity contribution in [2.45, 2.75) is 32.3 Å². The van der Waals surface area contributed by atoms with E-state index in [9.17, 15) is 0 Å². The van der Waals surface area contributed by atoms with Gasteiger partial charge in [0.05, 0.1) is 3.58 Å². The average molecular weight is 390 g/mol. The lowest BCUT2D eigenvalue weighted by Gasteiger charge is -2.27. The summed E-state index contributed by atoms with van der Waals surface area (Å²) in [5.74, 6) is 1.03. The summed E-state index contributed by atoms with van der Waals surface area (Å²) < 4.78 is 7.69. The molecular weight excluding hydrogens is 371 g/mol. The third kappa shape index (κ3) is 2.39. The van der Waals surface area contributed by atoms with Crippen molar-refractivity contribution in [2.24, 2.45) is 0 Å². The maximum absolute atomic E-state index is 6.51. The molecule has 3 rings (SSSR count). The van der Waals surface area contributed by atoms with E-state index in [0.29, 0.717) is 0 Å². The van der Waals surface area contributed by atoms with E-state index < -0.39 is 0 Å². The van der Waals surface area contributed by atoms with Crippen LogP contribution >= 0.6 is 22.6 Å². The first-order valence-corrected chi connectivity index (χ1v) is 8.54. The monoisotopic (exact) mass is 390 g/mol. The van der Waals surface area contributed by atoms with Crippen molar-refractivity contribution in [3.63, 3.8) is 0 Å². The van der Waals surface area contributed by atoms with E-state index >= 15 is 0 Å². The second-order valence-corrected chi connectivity index (χ2v) is 6.44. The Hall–Kier alpha value is -1.29. The van der Waals surface area contributed by atoms with Gasteiger partial charge >= 0.3 is 0 Å². The molecule has 2 heteroatoms. The molecule has 0 saturated carbocycles. The maximum atomic E-state index is 6.51. The van der Waals surface area contributed by atoms with Crippen molar-refractivity contribution in [1.82, 2.24) is 0 Å². The van der Waals surface area contributed by atoms with Crippen molar-refractivity contribution < 1.29 is 4.74 Å². The minimum absolute atomic E-state index is 0.170. The fourth-order valence-corrected chi connectivity index (χ4v) is 3.80. The number of hydrogen-bond acceptors (Lipinski definition) is 1. The highest BCUT2D eigenvalue weighted by Gasteiger charge is 2.41. The molecule has 0 spiro atoms. The highest BCUT2D eigenvalue weighted by atomic mass is 127. The Kier molecular flexibility index (Phi) is 4.07. The van der Waals surface area contributed by atoms with Gasteiger partial charge in [0, 0.05) is 11.1 Å². The molecule has 0 atom stereocenters. The largest absolute Gasteiger partial charge is 0.481 e. The zero-order chi connectivity index (χ0) is 14.9. The number of benzene rings is 2. The van der Waals surface area contributed by atoms with Crippen molar-refractivity contribution in [2.75, 3.05) is 0 Å². The average Bonchev–Trinajstić information content (AvgIpc) is 2.90. The van der Waals surface area contributed by atoms with Crippen LogP contribution in [0.1, 0.15) is 43.4 Å². The predicted molar refractivity (Wildman–Crippen MR) is 97.1 cm³/mol. The fraction of sp³-hybridized carbons (Fsp3) is 0.263. The molecule has 0 amide bonds. The van der Waals surface area contributed by atoms with Gasteiger partial charge in [0.2, 0.25) is 0 Å². The molecule has 0 bridgehead atoms. The first kappa shape index (κ1) is 14.6. The van der Waals surface area contributed by atoms with Gasteiger partial charge in [0.25, 0.3) is 0 Å². The van der Waals surface area contributed by atoms with E-state index in [-0.39, 0.29) is 5.60 Å². The third-order valence-corrected chi connectivity index (χ3v) is 5.44. The minimum atomic E-state index is -0.170. The Morgan fingerprint density at radius 2 is 1.57 bits per heavy atom. The molecule has 21 heavy (non-hydrogen) atoms. The van der Waals surface area contributed by atoms with Gasteiger partial charge < -0.3 is 4.74 Å². The lowest BCUT2D eigenvalue weighted by molar-refractivity contribution is 0.0442. The van der Waals surface area contributed by atoms with Crippen LogP contribution in [0, 0.1) is 0 Å². The van der Waals surface area contributed by atoms with Crippen molar-refractivity contribution in [1.29, 1.82) is 0 Å². The second kappa shape index (κ2) is 5.84.